The Morgan fingerprint density at radius 2 is 1.72 bits per heavy atom. The average molecular weight is 501 g/mol. The van der Waals surface area contributed by atoms with Gasteiger partial charge in [0.05, 0.1) is 19.4 Å². The van der Waals surface area contributed by atoms with Crippen molar-refractivity contribution in [2.24, 2.45) is 0 Å². The summed E-state index contributed by atoms with van der Waals surface area (Å²) in [6.45, 7) is 8.92. The van der Waals surface area contributed by atoms with Crippen molar-refractivity contribution in [3.8, 4) is 11.5 Å². The van der Waals surface area contributed by atoms with E-state index in [9.17, 15) is 9.59 Å². The number of urea groups is 1. The lowest BCUT2D eigenvalue weighted by molar-refractivity contribution is -0.143. The predicted octanol–water partition coefficient (Wildman–Crippen LogP) is 6.14. The molecule has 0 atom stereocenters. The molecule has 0 heterocycles. The van der Waals surface area contributed by atoms with Crippen LogP contribution in [0.3, 0.4) is 0 Å². The highest BCUT2D eigenvalue weighted by atomic mass is 16.7. The van der Waals surface area contributed by atoms with E-state index in [-0.39, 0.29) is 24.2 Å². The topological polar surface area (TPSA) is 86.3 Å². The van der Waals surface area contributed by atoms with Gasteiger partial charge in [0.1, 0.15) is 11.5 Å². The van der Waals surface area contributed by atoms with E-state index in [2.05, 4.69) is 26.1 Å². The van der Waals surface area contributed by atoms with Gasteiger partial charge in [0.15, 0.2) is 6.79 Å². The number of unbranched alkanes of at least 4 members (excludes halogenated alkanes) is 2. The Morgan fingerprint density at radius 3 is 2.33 bits per heavy atom. The number of rotatable bonds is 13. The number of anilines is 2. The first kappa shape index (κ1) is 29.0. The summed E-state index contributed by atoms with van der Waals surface area (Å²) >= 11 is 0. The van der Waals surface area contributed by atoms with Crippen LogP contribution in [0.4, 0.5) is 16.2 Å². The van der Waals surface area contributed by atoms with Gasteiger partial charge in [-0.05, 0) is 43.4 Å². The molecule has 2 aromatic carbocycles. The first-order chi connectivity index (χ1) is 17.2. The van der Waals surface area contributed by atoms with Crippen LogP contribution >= 0.6 is 0 Å². The molecule has 0 spiro atoms. The number of hydrogen-bond donors (Lipinski definition) is 1. The van der Waals surface area contributed by atoms with Crippen LogP contribution in [0.2, 0.25) is 0 Å². The van der Waals surface area contributed by atoms with Crippen LogP contribution in [-0.2, 0) is 19.7 Å². The molecule has 0 aromatic heterocycles. The quantitative estimate of drug-likeness (QED) is 0.202. The lowest BCUT2D eigenvalue weighted by atomic mass is 9.85. The Balaban J connectivity index is 2.27. The second-order valence-electron chi connectivity index (χ2n) is 9.39. The van der Waals surface area contributed by atoms with E-state index in [1.165, 1.54) is 0 Å². The van der Waals surface area contributed by atoms with E-state index in [0.29, 0.717) is 43.2 Å². The van der Waals surface area contributed by atoms with Crippen LogP contribution in [0, 0.1) is 0 Å². The van der Waals surface area contributed by atoms with Crippen molar-refractivity contribution < 1.29 is 28.5 Å². The largest absolute Gasteiger partial charge is 0.497 e. The summed E-state index contributed by atoms with van der Waals surface area (Å²) in [6, 6.07) is 12.9. The lowest BCUT2D eigenvalue weighted by Crippen LogP contribution is -2.36. The molecule has 2 rings (SSSR count). The van der Waals surface area contributed by atoms with Gasteiger partial charge < -0.3 is 24.3 Å². The van der Waals surface area contributed by atoms with Crippen LogP contribution < -0.4 is 19.7 Å². The number of para-hydroxylation sites is 1. The number of amides is 2. The van der Waals surface area contributed by atoms with Crippen LogP contribution in [0.15, 0.2) is 42.5 Å². The number of hydrogen-bond acceptors (Lipinski definition) is 6. The number of carbonyl (C=O) groups is 2. The molecule has 2 aromatic rings. The molecule has 8 heteroatoms. The van der Waals surface area contributed by atoms with Crippen molar-refractivity contribution in [3.05, 3.63) is 48.0 Å². The predicted molar refractivity (Wildman–Crippen MR) is 142 cm³/mol. The number of ether oxygens (including phenoxy) is 4. The fourth-order valence-corrected chi connectivity index (χ4v) is 3.73. The molecule has 0 fully saturated rings. The molecule has 0 saturated heterocycles. The zero-order valence-electron chi connectivity index (χ0n) is 22.4. The highest BCUT2D eigenvalue weighted by Gasteiger charge is 2.26. The zero-order chi connectivity index (χ0) is 26.6. The lowest BCUT2D eigenvalue weighted by Gasteiger charge is -2.27. The molecule has 8 nitrogen and oxygen atoms in total. The molecule has 198 valence electrons. The van der Waals surface area contributed by atoms with Crippen LogP contribution in [-0.4, -0.2) is 46.2 Å². The third-order valence-corrected chi connectivity index (χ3v) is 5.55. The minimum absolute atomic E-state index is 0.0428. The third-order valence-electron chi connectivity index (χ3n) is 5.55. The third kappa shape index (κ3) is 8.75. The molecule has 0 bridgehead atoms. The monoisotopic (exact) mass is 500 g/mol. The van der Waals surface area contributed by atoms with Gasteiger partial charge in [-0.25, -0.2) is 4.79 Å². The van der Waals surface area contributed by atoms with Gasteiger partial charge >= 0.3 is 12.0 Å². The summed E-state index contributed by atoms with van der Waals surface area (Å²) in [6.07, 6.45) is 2.62. The molecule has 2 amide bonds. The molecular formula is C28H40N2O6. The van der Waals surface area contributed by atoms with Crippen LogP contribution in [0.5, 0.6) is 11.5 Å². The van der Waals surface area contributed by atoms with Gasteiger partial charge in [0.2, 0.25) is 0 Å². The maximum absolute atomic E-state index is 13.6. The fourth-order valence-electron chi connectivity index (χ4n) is 3.73. The summed E-state index contributed by atoms with van der Waals surface area (Å²) in [7, 11) is 3.15. The first-order valence-electron chi connectivity index (χ1n) is 12.3. The van der Waals surface area contributed by atoms with Gasteiger partial charge in [-0.2, -0.15) is 0 Å². The summed E-state index contributed by atoms with van der Waals surface area (Å²) in [5, 5.41) is 3.03. The fraction of sp³-hybridized carbons (Fsp3) is 0.500. The number of carbonyl (C=O) groups excluding carboxylic acids is 2. The molecule has 0 aliphatic rings. The standard InChI is InChI=1S/C28H40N2O6/c1-7-35-25(31)16-12-9-13-17-30(21-14-10-8-11-15-21)27(32)29-24-19-22(34-6)18-23(28(2,3)4)26(24)36-20-33-5/h8,10-11,14-15,18-19H,7,9,12-13,16-17,20H2,1-6H3,(H,29,32). The van der Waals surface area contributed by atoms with Crippen molar-refractivity contribution in [2.45, 2.75) is 58.8 Å². The second kappa shape index (κ2) is 14.3. The number of benzene rings is 2. The highest BCUT2D eigenvalue weighted by Crippen LogP contribution is 2.41. The van der Waals surface area contributed by atoms with E-state index >= 15 is 0 Å². The number of nitrogens with one attached hydrogen (secondary N) is 1. The molecular weight excluding hydrogens is 460 g/mol. The van der Waals surface area contributed by atoms with E-state index in [4.69, 9.17) is 18.9 Å². The minimum Gasteiger partial charge on any atom is -0.497 e. The van der Waals surface area contributed by atoms with Crippen molar-refractivity contribution in [1.29, 1.82) is 0 Å². The Labute approximate surface area is 214 Å². The van der Waals surface area contributed by atoms with Gasteiger partial charge in [-0.3, -0.25) is 9.69 Å². The number of nitrogens with zero attached hydrogens (tertiary/aromatic N) is 1. The van der Waals surface area contributed by atoms with E-state index in [1.807, 2.05) is 36.4 Å². The number of esters is 1. The minimum atomic E-state index is -0.290. The molecule has 0 unspecified atom stereocenters. The SMILES string of the molecule is CCOC(=O)CCCCCN(C(=O)Nc1cc(OC)cc(C(C)(C)C)c1OCOC)c1ccccc1. The Morgan fingerprint density at radius 1 is 1.00 bits per heavy atom. The van der Waals surface area contributed by atoms with E-state index in [0.717, 1.165) is 24.1 Å². The maximum atomic E-state index is 13.6. The Hall–Kier alpha value is -3.26. The van der Waals surface area contributed by atoms with Gasteiger partial charge in [0, 0.05) is 37.4 Å². The summed E-state index contributed by atoms with van der Waals surface area (Å²) < 4.78 is 21.6. The molecule has 0 radical (unpaired) electrons. The normalized spacial score (nSPS) is 11.1. The van der Waals surface area contributed by atoms with Crippen molar-refractivity contribution in [3.63, 3.8) is 0 Å². The smallest absolute Gasteiger partial charge is 0.326 e. The molecule has 1 N–H and O–H groups in total. The van der Waals surface area contributed by atoms with E-state index < -0.39 is 0 Å². The Bertz CT molecular complexity index is 972. The van der Waals surface area contributed by atoms with Gasteiger partial charge in [0.25, 0.3) is 0 Å². The summed E-state index contributed by atoms with van der Waals surface area (Å²) in [5.41, 5.74) is 1.90. The number of methoxy groups -OCH3 is 2. The zero-order valence-corrected chi connectivity index (χ0v) is 22.4. The van der Waals surface area contributed by atoms with Crippen molar-refractivity contribution >= 4 is 23.4 Å². The second-order valence-corrected chi connectivity index (χ2v) is 9.39. The molecule has 0 aliphatic carbocycles. The summed E-state index contributed by atoms with van der Waals surface area (Å²) in [5.74, 6) is 0.970. The summed E-state index contributed by atoms with van der Waals surface area (Å²) in [4.78, 5) is 26.9. The van der Waals surface area contributed by atoms with Gasteiger partial charge in [-0.15, -0.1) is 0 Å². The van der Waals surface area contributed by atoms with Crippen molar-refractivity contribution in [1.82, 2.24) is 0 Å². The molecule has 0 saturated carbocycles. The van der Waals surface area contributed by atoms with Crippen molar-refractivity contribution in [2.75, 3.05) is 44.4 Å². The average Bonchev–Trinajstić information content (AvgIpc) is 2.85. The Kier molecular flexibility index (Phi) is 11.5. The molecule has 0 aliphatic heterocycles. The maximum Gasteiger partial charge on any atom is 0.326 e. The van der Waals surface area contributed by atoms with Gasteiger partial charge in [-0.1, -0.05) is 45.4 Å². The van der Waals surface area contributed by atoms with Crippen LogP contribution in [0.1, 0.15) is 58.9 Å². The van der Waals surface area contributed by atoms with Crippen LogP contribution in [0.25, 0.3) is 0 Å². The first-order valence-corrected chi connectivity index (χ1v) is 12.3. The van der Waals surface area contributed by atoms with E-state index in [1.54, 1.807) is 32.1 Å². The highest BCUT2D eigenvalue weighted by molar-refractivity contribution is 6.02. The molecule has 36 heavy (non-hydrogen) atoms.